The molecule has 2 aromatic rings. The van der Waals surface area contributed by atoms with Crippen LogP contribution in [0.15, 0.2) is 48.5 Å². The van der Waals surface area contributed by atoms with E-state index in [9.17, 15) is 27.6 Å². The number of nitrogens with one attached hydrogen (secondary N) is 2. The van der Waals surface area contributed by atoms with Crippen molar-refractivity contribution in [3.05, 3.63) is 59.7 Å². The third-order valence-corrected chi connectivity index (χ3v) is 4.05. The number of amides is 3. The molecule has 0 spiro atoms. The van der Waals surface area contributed by atoms with Crippen molar-refractivity contribution >= 4 is 29.7 Å². The summed E-state index contributed by atoms with van der Waals surface area (Å²) in [5.74, 6) is -0.799. The highest BCUT2D eigenvalue weighted by molar-refractivity contribution is 6.02. The molecule has 32 heavy (non-hydrogen) atoms. The molecule has 0 saturated heterocycles. The van der Waals surface area contributed by atoms with Crippen molar-refractivity contribution < 1.29 is 41.8 Å². The summed E-state index contributed by atoms with van der Waals surface area (Å²) in [7, 11) is 0. The summed E-state index contributed by atoms with van der Waals surface area (Å²) in [4.78, 5) is 35.3. The van der Waals surface area contributed by atoms with Crippen LogP contribution >= 0.6 is 0 Å². The zero-order chi connectivity index (χ0) is 23.1. The van der Waals surface area contributed by atoms with Gasteiger partial charge in [0.1, 0.15) is 13.2 Å². The van der Waals surface area contributed by atoms with E-state index in [-0.39, 0.29) is 0 Å². The van der Waals surface area contributed by atoms with Gasteiger partial charge in [-0.15, -0.1) is 0 Å². The van der Waals surface area contributed by atoms with E-state index in [1.807, 2.05) is 5.32 Å². The number of anilines is 1. The van der Waals surface area contributed by atoms with E-state index in [4.69, 9.17) is 14.2 Å². The van der Waals surface area contributed by atoms with Crippen LogP contribution in [0, 0.1) is 0 Å². The van der Waals surface area contributed by atoms with E-state index in [1.165, 1.54) is 24.3 Å². The van der Waals surface area contributed by atoms with Gasteiger partial charge in [-0.05, 0) is 35.9 Å². The number of carbonyl (C=O) groups is 3. The van der Waals surface area contributed by atoms with E-state index in [0.717, 1.165) is 18.2 Å². The van der Waals surface area contributed by atoms with E-state index in [1.54, 1.807) is 12.1 Å². The molecule has 0 atom stereocenters. The second-order valence-corrected chi connectivity index (χ2v) is 6.42. The Labute approximate surface area is 179 Å². The van der Waals surface area contributed by atoms with Gasteiger partial charge in [-0.1, -0.05) is 12.1 Å². The van der Waals surface area contributed by atoms with Gasteiger partial charge in [0.15, 0.2) is 18.1 Å². The van der Waals surface area contributed by atoms with E-state index >= 15 is 0 Å². The standard InChI is InChI=1S/C21H17F3N2O6/c22-21(23,24)14-4-1-13(2-5-14)3-8-19(28)32-12-18(27)26-20(29)25-15-6-7-16-17(11-15)31-10-9-30-16/h1-8,11H,9-10,12H2,(H2,25,26,27,29)/b8-3+. The molecule has 0 fully saturated rings. The molecule has 0 unspecified atom stereocenters. The van der Waals surface area contributed by atoms with E-state index in [0.29, 0.717) is 36.0 Å². The number of ether oxygens (including phenoxy) is 3. The van der Waals surface area contributed by atoms with E-state index < -0.39 is 36.3 Å². The van der Waals surface area contributed by atoms with Crippen LogP contribution < -0.4 is 20.1 Å². The molecule has 11 heteroatoms. The lowest BCUT2D eigenvalue weighted by atomic mass is 10.1. The van der Waals surface area contributed by atoms with Crippen molar-refractivity contribution in [1.82, 2.24) is 5.32 Å². The number of carbonyl (C=O) groups excluding carboxylic acids is 3. The summed E-state index contributed by atoms with van der Waals surface area (Å²) in [6.45, 7) is 0.0670. The summed E-state index contributed by atoms with van der Waals surface area (Å²) in [6, 6.07) is 7.97. The molecule has 0 aliphatic carbocycles. The smallest absolute Gasteiger partial charge is 0.416 e. The molecule has 0 saturated carbocycles. The number of benzene rings is 2. The fourth-order valence-corrected chi connectivity index (χ4v) is 2.58. The number of fused-ring (bicyclic) bond motifs is 1. The van der Waals surface area contributed by atoms with Gasteiger partial charge in [0, 0.05) is 17.8 Å². The number of halogens is 3. The first-order valence-electron chi connectivity index (χ1n) is 9.23. The van der Waals surface area contributed by atoms with Crippen LogP contribution in [0.3, 0.4) is 0 Å². The Balaban J connectivity index is 1.42. The molecule has 3 amide bonds. The Kier molecular flexibility index (Phi) is 6.98. The first-order chi connectivity index (χ1) is 15.2. The Morgan fingerprint density at radius 2 is 1.69 bits per heavy atom. The largest absolute Gasteiger partial charge is 0.486 e. The Hall–Kier alpha value is -4.02. The number of rotatable bonds is 5. The summed E-state index contributed by atoms with van der Waals surface area (Å²) in [5, 5.41) is 4.42. The van der Waals surface area contributed by atoms with Gasteiger partial charge in [0.25, 0.3) is 5.91 Å². The minimum absolute atomic E-state index is 0.332. The van der Waals surface area contributed by atoms with Gasteiger partial charge < -0.3 is 19.5 Å². The Morgan fingerprint density at radius 3 is 2.38 bits per heavy atom. The van der Waals surface area contributed by atoms with Crippen molar-refractivity contribution in [3.63, 3.8) is 0 Å². The fraction of sp³-hybridized carbons (Fsp3) is 0.190. The minimum Gasteiger partial charge on any atom is -0.486 e. The molecule has 168 valence electrons. The maximum Gasteiger partial charge on any atom is 0.416 e. The molecule has 1 aliphatic heterocycles. The lowest BCUT2D eigenvalue weighted by Crippen LogP contribution is -2.37. The number of alkyl halides is 3. The summed E-state index contributed by atoms with van der Waals surface area (Å²) < 4.78 is 53.0. The molecule has 2 aromatic carbocycles. The molecule has 0 bridgehead atoms. The van der Waals surface area contributed by atoms with Crippen LogP contribution in [0.1, 0.15) is 11.1 Å². The maximum absolute atomic E-state index is 12.5. The summed E-state index contributed by atoms with van der Waals surface area (Å²) in [6.07, 6.45) is -2.27. The lowest BCUT2D eigenvalue weighted by molar-refractivity contribution is -0.143. The van der Waals surface area contributed by atoms with Crippen LogP contribution in [0.4, 0.5) is 23.7 Å². The zero-order valence-electron chi connectivity index (χ0n) is 16.4. The number of urea groups is 1. The average Bonchev–Trinajstić information content (AvgIpc) is 2.75. The number of imide groups is 1. The van der Waals surface area contributed by atoms with Crippen LogP contribution in [-0.4, -0.2) is 37.7 Å². The van der Waals surface area contributed by atoms with Crippen LogP contribution in [0.25, 0.3) is 6.08 Å². The van der Waals surface area contributed by atoms with Gasteiger partial charge in [0.05, 0.1) is 5.56 Å². The molecule has 0 aromatic heterocycles. The van der Waals surface area contributed by atoms with Gasteiger partial charge in [-0.25, -0.2) is 9.59 Å². The van der Waals surface area contributed by atoms with Crippen molar-refractivity contribution in [2.45, 2.75) is 6.18 Å². The highest BCUT2D eigenvalue weighted by atomic mass is 19.4. The number of esters is 1. The topological polar surface area (TPSA) is 103 Å². The first kappa shape index (κ1) is 22.7. The first-order valence-corrected chi connectivity index (χ1v) is 9.23. The summed E-state index contributed by atoms with van der Waals surface area (Å²) in [5.41, 5.74) is -0.127. The molecule has 8 nitrogen and oxygen atoms in total. The van der Waals surface area contributed by atoms with Crippen molar-refractivity contribution in [1.29, 1.82) is 0 Å². The van der Waals surface area contributed by atoms with Crippen molar-refractivity contribution in [3.8, 4) is 11.5 Å². The summed E-state index contributed by atoms with van der Waals surface area (Å²) >= 11 is 0. The van der Waals surface area contributed by atoms with Crippen molar-refractivity contribution in [2.24, 2.45) is 0 Å². The van der Waals surface area contributed by atoms with Crippen molar-refractivity contribution in [2.75, 3.05) is 25.1 Å². The van der Waals surface area contributed by atoms with Gasteiger partial charge >= 0.3 is 18.2 Å². The van der Waals surface area contributed by atoms with Gasteiger partial charge in [-0.2, -0.15) is 13.2 Å². The molecule has 1 heterocycles. The Morgan fingerprint density at radius 1 is 1.00 bits per heavy atom. The quantitative estimate of drug-likeness (QED) is 0.535. The predicted molar refractivity (Wildman–Crippen MR) is 106 cm³/mol. The highest BCUT2D eigenvalue weighted by Gasteiger charge is 2.29. The van der Waals surface area contributed by atoms with Crippen LogP contribution in [0.5, 0.6) is 11.5 Å². The third-order valence-electron chi connectivity index (χ3n) is 4.05. The van der Waals surface area contributed by atoms with Crippen LogP contribution in [0.2, 0.25) is 0 Å². The highest BCUT2D eigenvalue weighted by Crippen LogP contribution is 2.32. The van der Waals surface area contributed by atoms with Gasteiger partial charge in [0.2, 0.25) is 0 Å². The molecule has 2 N–H and O–H groups in total. The third kappa shape index (κ3) is 6.49. The molecule has 0 radical (unpaired) electrons. The van der Waals surface area contributed by atoms with E-state index in [2.05, 4.69) is 5.32 Å². The number of hydrogen-bond acceptors (Lipinski definition) is 6. The zero-order valence-corrected chi connectivity index (χ0v) is 16.4. The molecular weight excluding hydrogens is 433 g/mol. The van der Waals surface area contributed by atoms with Gasteiger partial charge in [-0.3, -0.25) is 10.1 Å². The second-order valence-electron chi connectivity index (χ2n) is 6.42. The monoisotopic (exact) mass is 450 g/mol. The normalized spacial score (nSPS) is 12.8. The maximum atomic E-state index is 12.5. The lowest BCUT2D eigenvalue weighted by Gasteiger charge is -2.19. The fourth-order valence-electron chi connectivity index (χ4n) is 2.58. The molecular formula is C21H17F3N2O6. The Bertz CT molecular complexity index is 1030. The SMILES string of the molecule is O=C(COC(=O)/C=C/c1ccc(C(F)(F)F)cc1)NC(=O)Nc1ccc2c(c1)OCCO2. The van der Waals surface area contributed by atoms with Crippen LogP contribution in [-0.2, 0) is 20.5 Å². The average molecular weight is 450 g/mol. The molecule has 3 rings (SSSR count). The minimum atomic E-state index is -4.46. The predicted octanol–water partition coefficient (Wildman–Crippen LogP) is 3.38. The molecule has 1 aliphatic rings. The number of hydrogen-bond donors (Lipinski definition) is 2. The second kappa shape index (κ2) is 9.86.